The van der Waals surface area contributed by atoms with E-state index in [1.165, 1.54) is 5.56 Å². The van der Waals surface area contributed by atoms with Crippen molar-refractivity contribution in [3.05, 3.63) is 34.0 Å². The number of hydrogen-bond acceptors (Lipinski definition) is 4. The number of aryl methyl sites for hydroxylation is 1. The summed E-state index contributed by atoms with van der Waals surface area (Å²) in [5, 5.41) is 11.3. The molecule has 0 saturated carbocycles. The first-order chi connectivity index (χ1) is 9.95. The van der Waals surface area contributed by atoms with Crippen LogP contribution in [0.3, 0.4) is 0 Å². The molecule has 1 N–H and O–H groups in total. The molecule has 0 bridgehead atoms. The second kappa shape index (κ2) is 6.71. The summed E-state index contributed by atoms with van der Waals surface area (Å²) in [6.45, 7) is 12.8. The van der Waals surface area contributed by atoms with Gasteiger partial charge in [0, 0.05) is 29.1 Å². The van der Waals surface area contributed by atoms with Crippen molar-refractivity contribution in [1.82, 2.24) is 20.1 Å². The zero-order chi connectivity index (χ0) is 15.5. The molecule has 2 heterocycles. The first kappa shape index (κ1) is 16.2. The van der Waals surface area contributed by atoms with E-state index in [1.807, 2.05) is 10.9 Å². The molecule has 1 unspecified atom stereocenters. The Bertz CT molecular complexity index is 565. The second-order valence-corrected chi connectivity index (χ2v) is 7.23. The predicted octanol–water partition coefficient (Wildman–Crippen LogP) is 3.75. The molecule has 2 rings (SSSR count). The summed E-state index contributed by atoms with van der Waals surface area (Å²) in [6, 6.07) is 0.145. The van der Waals surface area contributed by atoms with Crippen molar-refractivity contribution in [2.75, 3.05) is 6.54 Å². The fourth-order valence-electron chi connectivity index (χ4n) is 2.10. The van der Waals surface area contributed by atoms with E-state index in [0.29, 0.717) is 0 Å². The van der Waals surface area contributed by atoms with Crippen molar-refractivity contribution in [1.29, 1.82) is 0 Å². The number of rotatable bonds is 6. The Kier molecular flexibility index (Phi) is 5.17. The summed E-state index contributed by atoms with van der Waals surface area (Å²) in [6.07, 6.45) is 5.18. The monoisotopic (exact) mass is 306 g/mol. The first-order valence-corrected chi connectivity index (χ1v) is 8.55. The average molecular weight is 306 g/mol. The predicted molar refractivity (Wildman–Crippen MR) is 88.9 cm³/mol. The topological polar surface area (TPSA) is 42.7 Å². The Morgan fingerprint density at radius 3 is 2.62 bits per heavy atom. The van der Waals surface area contributed by atoms with Gasteiger partial charge in [-0.15, -0.1) is 11.3 Å². The standard InChI is InChI=1S/C16H26N4S/c1-6-8-17-14(12-9-18-20(7-2)10-12)15-19-13(11-21-15)16(3,4)5/h9-11,14,17H,6-8H2,1-5H3. The fraction of sp³-hybridized carbons (Fsp3) is 0.625. The van der Waals surface area contributed by atoms with Gasteiger partial charge in [0.2, 0.25) is 0 Å². The summed E-state index contributed by atoms with van der Waals surface area (Å²) < 4.78 is 1.97. The number of aromatic nitrogens is 3. The van der Waals surface area contributed by atoms with E-state index in [0.717, 1.165) is 30.2 Å². The van der Waals surface area contributed by atoms with Gasteiger partial charge >= 0.3 is 0 Å². The van der Waals surface area contributed by atoms with Crippen molar-refractivity contribution in [2.45, 2.75) is 59.0 Å². The Hall–Kier alpha value is -1.20. The van der Waals surface area contributed by atoms with E-state index >= 15 is 0 Å². The van der Waals surface area contributed by atoms with E-state index in [1.54, 1.807) is 11.3 Å². The second-order valence-electron chi connectivity index (χ2n) is 6.34. The van der Waals surface area contributed by atoms with Crippen LogP contribution in [0.4, 0.5) is 0 Å². The minimum absolute atomic E-state index is 0.0949. The highest BCUT2D eigenvalue weighted by atomic mass is 32.1. The number of nitrogens with zero attached hydrogens (tertiary/aromatic N) is 3. The van der Waals surface area contributed by atoms with E-state index in [2.05, 4.69) is 56.6 Å². The zero-order valence-corrected chi connectivity index (χ0v) is 14.5. The van der Waals surface area contributed by atoms with Crippen molar-refractivity contribution in [3.63, 3.8) is 0 Å². The van der Waals surface area contributed by atoms with Crippen molar-refractivity contribution in [2.24, 2.45) is 0 Å². The van der Waals surface area contributed by atoms with Gasteiger partial charge in [0.05, 0.1) is 17.9 Å². The highest BCUT2D eigenvalue weighted by Crippen LogP contribution is 2.29. The molecule has 2 aromatic heterocycles. The lowest BCUT2D eigenvalue weighted by Gasteiger charge is -2.16. The minimum atomic E-state index is 0.0949. The van der Waals surface area contributed by atoms with Gasteiger partial charge in [-0.05, 0) is 19.9 Å². The quantitative estimate of drug-likeness (QED) is 0.884. The Labute approximate surface area is 131 Å². The summed E-state index contributed by atoms with van der Waals surface area (Å²) in [5.74, 6) is 0. The van der Waals surface area contributed by atoms with Gasteiger partial charge in [0.1, 0.15) is 5.01 Å². The highest BCUT2D eigenvalue weighted by molar-refractivity contribution is 7.09. The van der Waals surface area contributed by atoms with Crippen LogP contribution in [0.15, 0.2) is 17.8 Å². The summed E-state index contributed by atoms with van der Waals surface area (Å²) in [7, 11) is 0. The molecule has 5 heteroatoms. The number of hydrogen-bond donors (Lipinski definition) is 1. The Balaban J connectivity index is 2.29. The van der Waals surface area contributed by atoms with Crippen molar-refractivity contribution < 1.29 is 0 Å². The van der Waals surface area contributed by atoms with E-state index in [4.69, 9.17) is 4.98 Å². The average Bonchev–Trinajstić information content (AvgIpc) is 3.07. The molecule has 0 aliphatic carbocycles. The molecule has 0 radical (unpaired) electrons. The largest absolute Gasteiger partial charge is 0.304 e. The highest BCUT2D eigenvalue weighted by Gasteiger charge is 2.23. The molecule has 21 heavy (non-hydrogen) atoms. The lowest BCUT2D eigenvalue weighted by molar-refractivity contribution is 0.557. The third kappa shape index (κ3) is 3.92. The van der Waals surface area contributed by atoms with Crippen molar-refractivity contribution in [3.8, 4) is 0 Å². The molecule has 0 aromatic carbocycles. The van der Waals surface area contributed by atoms with Crippen LogP contribution >= 0.6 is 11.3 Å². The first-order valence-electron chi connectivity index (χ1n) is 7.67. The van der Waals surface area contributed by atoms with Crippen LogP contribution in [0.1, 0.15) is 63.3 Å². The van der Waals surface area contributed by atoms with Gasteiger partial charge in [-0.25, -0.2) is 4.98 Å². The molecule has 2 aromatic rings. The maximum Gasteiger partial charge on any atom is 0.115 e. The molecular formula is C16H26N4S. The number of thiazole rings is 1. The van der Waals surface area contributed by atoms with Crippen LogP contribution in [0.25, 0.3) is 0 Å². The van der Waals surface area contributed by atoms with E-state index in [-0.39, 0.29) is 11.5 Å². The maximum atomic E-state index is 4.87. The molecule has 0 saturated heterocycles. The van der Waals surface area contributed by atoms with Crippen LogP contribution < -0.4 is 5.32 Å². The molecule has 0 aliphatic rings. The lowest BCUT2D eigenvalue weighted by atomic mass is 9.93. The lowest BCUT2D eigenvalue weighted by Crippen LogP contribution is -2.23. The Morgan fingerprint density at radius 2 is 2.10 bits per heavy atom. The van der Waals surface area contributed by atoms with Gasteiger partial charge < -0.3 is 5.32 Å². The van der Waals surface area contributed by atoms with Gasteiger partial charge in [0.15, 0.2) is 0 Å². The third-order valence-electron chi connectivity index (χ3n) is 3.45. The van der Waals surface area contributed by atoms with Gasteiger partial charge in [-0.1, -0.05) is 27.7 Å². The summed E-state index contributed by atoms with van der Waals surface area (Å²) in [4.78, 5) is 4.87. The van der Waals surface area contributed by atoms with Crippen LogP contribution in [0.2, 0.25) is 0 Å². The van der Waals surface area contributed by atoms with Crippen LogP contribution in [0.5, 0.6) is 0 Å². The molecule has 116 valence electrons. The van der Waals surface area contributed by atoms with Crippen LogP contribution in [0, 0.1) is 0 Å². The molecule has 0 aliphatic heterocycles. The van der Waals surface area contributed by atoms with Gasteiger partial charge in [-0.2, -0.15) is 5.10 Å². The molecular weight excluding hydrogens is 280 g/mol. The van der Waals surface area contributed by atoms with Gasteiger partial charge in [-0.3, -0.25) is 4.68 Å². The van der Waals surface area contributed by atoms with Gasteiger partial charge in [0.25, 0.3) is 0 Å². The molecule has 4 nitrogen and oxygen atoms in total. The summed E-state index contributed by atoms with van der Waals surface area (Å²) >= 11 is 1.74. The van der Waals surface area contributed by atoms with Crippen LogP contribution in [-0.4, -0.2) is 21.3 Å². The fourth-order valence-corrected chi connectivity index (χ4v) is 3.25. The number of nitrogens with one attached hydrogen (secondary N) is 1. The smallest absolute Gasteiger partial charge is 0.115 e. The zero-order valence-electron chi connectivity index (χ0n) is 13.7. The SMILES string of the molecule is CCCNC(c1cnn(CC)c1)c1nc(C(C)(C)C)cs1. The summed E-state index contributed by atoms with van der Waals surface area (Å²) in [5.41, 5.74) is 2.45. The normalized spacial score (nSPS) is 13.6. The molecule has 1 atom stereocenters. The third-order valence-corrected chi connectivity index (χ3v) is 4.36. The Morgan fingerprint density at radius 1 is 1.33 bits per heavy atom. The minimum Gasteiger partial charge on any atom is -0.304 e. The van der Waals surface area contributed by atoms with Crippen molar-refractivity contribution >= 4 is 11.3 Å². The molecule has 0 amide bonds. The maximum absolute atomic E-state index is 4.87. The molecule has 0 spiro atoms. The van der Waals surface area contributed by atoms with Crippen LogP contribution in [-0.2, 0) is 12.0 Å². The molecule has 0 fully saturated rings. The van der Waals surface area contributed by atoms with E-state index in [9.17, 15) is 0 Å². The van der Waals surface area contributed by atoms with E-state index < -0.39 is 0 Å².